The van der Waals surface area contributed by atoms with E-state index in [2.05, 4.69) is 10.1 Å². The zero-order valence-corrected chi connectivity index (χ0v) is 11.0. The van der Waals surface area contributed by atoms with Crippen molar-refractivity contribution in [3.05, 3.63) is 59.6 Å². The van der Waals surface area contributed by atoms with Crippen LogP contribution in [-0.2, 0) is 0 Å². The molecule has 0 bridgehead atoms. The molecule has 2 N–H and O–H groups in total. The Kier molecular flexibility index (Phi) is 3.12. The molecule has 100 valence electrons. The molecule has 20 heavy (non-hydrogen) atoms. The van der Waals surface area contributed by atoms with E-state index in [1.54, 1.807) is 23.0 Å². The van der Waals surface area contributed by atoms with E-state index in [9.17, 15) is 4.39 Å². The molecule has 6 heteroatoms. The molecule has 0 aliphatic heterocycles. The van der Waals surface area contributed by atoms with Crippen molar-refractivity contribution in [1.29, 1.82) is 0 Å². The second kappa shape index (κ2) is 4.94. The zero-order valence-electron chi connectivity index (χ0n) is 10.3. The molecule has 0 amide bonds. The summed E-state index contributed by atoms with van der Waals surface area (Å²) in [5, 5.41) is 4.98. The Labute approximate surface area is 119 Å². The smallest absolute Gasteiger partial charge is 0.141 e. The lowest BCUT2D eigenvalue weighted by atomic mass is 10.2. The van der Waals surface area contributed by atoms with Crippen molar-refractivity contribution in [2.75, 3.05) is 5.73 Å². The molecule has 2 heterocycles. The number of halogens is 2. The minimum Gasteiger partial charge on any atom is -0.396 e. The fraction of sp³-hybridized carbons (Fsp3) is 0. The molecule has 2 aromatic heterocycles. The van der Waals surface area contributed by atoms with Crippen molar-refractivity contribution in [3.63, 3.8) is 0 Å². The third kappa shape index (κ3) is 2.35. The van der Waals surface area contributed by atoms with Gasteiger partial charge in [0.1, 0.15) is 11.5 Å². The van der Waals surface area contributed by atoms with Crippen LogP contribution in [-0.4, -0.2) is 14.8 Å². The van der Waals surface area contributed by atoms with E-state index in [-0.39, 0.29) is 0 Å². The van der Waals surface area contributed by atoms with Crippen molar-refractivity contribution in [2.24, 2.45) is 0 Å². The highest BCUT2D eigenvalue weighted by Gasteiger charge is 2.11. The first-order valence-corrected chi connectivity index (χ1v) is 6.24. The van der Waals surface area contributed by atoms with Crippen molar-refractivity contribution in [3.8, 4) is 17.1 Å². The van der Waals surface area contributed by atoms with Crippen LogP contribution in [0, 0.1) is 5.82 Å². The number of nitrogens with zero attached hydrogens (tertiary/aromatic N) is 3. The standard InChI is InChI=1S/C14H10ClFN4/c15-9-2-1-3-11(6-9)20-8-12(17)14(19-20)13-5-4-10(16)7-18-13/h1-8H,17H2. The molecular formula is C14H10ClFN4. The Bertz CT molecular complexity index is 752. The molecule has 0 radical (unpaired) electrons. The van der Waals surface area contributed by atoms with E-state index in [1.807, 2.05) is 12.1 Å². The summed E-state index contributed by atoms with van der Waals surface area (Å²) in [4.78, 5) is 3.98. The average molecular weight is 289 g/mol. The Morgan fingerprint density at radius 3 is 2.75 bits per heavy atom. The van der Waals surface area contributed by atoms with Crippen molar-refractivity contribution in [1.82, 2.24) is 14.8 Å². The van der Waals surface area contributed by atoms with Crippen LogP contribution in [0.2, 0.25) is 5.02 Å². The monoisotopic (exact) mass is 288 g/mol. The summed E-state index contributed by atoms with van der Waals surface area (Å²) in [6, 6.07) is 10.1. The number of nitrogen functional groups attached to an aromatic ring is 1. The SMILES string of the molecule is Nc1cn(-c2cccc(Cl)c2)nc1-c1ccc(F)cn1. The fourth-order valence-electron chi connectivity index (χ4n) is 1.85. The maximum Gasteiger partial charge on any atom is 0.141 e. The van der Waals surface area contributed by atoms with Gasteiger partial charge in [-0.15, -0.1) is 0 Å². The number of aromatic nitrogens is 3. The molecule has 0 aliphatic carbocycles. The van der Waals surface area contributed by atoms with Gasteiger partial charge >= 0.3 is 0 Å². The van der Waals surface area contributed by atoms with Gasteiger partial charge in [0, 0.05) is 5.02 Å². The number of hydrogen-bond donors (Lipinski definition) is 1. The highest BCUT2D eigenvalue weighted by molar-refractivity contribution is 6.30. The van der Waals surface area contributed by atoms with Gasteiger partial charge < -0.3 is 5.73 Å². The van der Waals surface area contributed by atoms with Crippen LogP contribution in [0.5, 0.6) is 0 Å². The molecule has 0 saturated heterocycles. The van der Waals surface area contributed by atoms with E-state index in [4.69, 9.17) is 17.3 Å². The molecule has 4 nitrogen and oxygen atoms in total. The van der Waals surface area contributed by atoms with Gasteiger partial charge in [0.2, 0.25) is 0 Å². The van der Waals surface area contributed by atoms with Crippen molar-refractivity contribution < 1.29 is 4.39 Å². The number of rotatable bonds is 2. The van der Waals surface area contributed by atoms with Crippen LogP contribution in [0.3, 0.4) is 0 Å². The summed E-state index contributed by atoms with van der Waals surface area (Å²) in [5.74, 6) is -0.401. The van der Waals surface area contributed by atoms with Gasteiger partial charge in [0.05, 0.1) is 29.5 Å². The van der Waals surface area contributed by atoms with E-state index < -0.39 is 5.82 Å². The Morgan fingerprint density at radius 2 is 2.05 bits per heavy atom. The summed E-state index contributed by atoms with van der Waals surface area (Å²) >= 11 is 5.95. The third-order valence-electron chi connectivity index (χ3n) is 2.79. The third-order valence-corrected chi connectivity index (χ3v) is 3.02. The fourth-order valence-corrected chi connectivity index (χ4v) is 2.04. The van der Waals surface area contributed by atoms with Crippen LogP contribution in [0.15, 0.2) is 48.8 Å². The van der Waals surface area contributed by atoms with Crippen molar-refractivity contribution in [2.45, 2.75) is 0 Å². The number of pyridine rings is 1. The lowest BCUT2D eigenvalue weighted by Crippen LogP contribution is -1.95. The second-order valence-corrected chi connectivity index (χ2v) is 4.66. The molecule has 0 atom stereocenters. The number of anilines is 1. The van der Waals surface area contributed by atoms with Gasteiger partial charge in [0.25, 0.3) is 0 Å². The summed E-state index contributed by atoms with van der Waals surface area (Å²) in [7, 11) is 0. The minimum atomic E-state index is -0.401. The van der Waals surface area contributed by atoms with E-state index in [0.717, 1.165) is 11.9 Å². The van der Waals surface area contributed by atoms with E-state index in [0.29, 0.717) is 22.1 Å². The molecule has 3 aromatic rings. The number of nitrogens with two attached hydrogens (primary N) is 1. The maximum atomic E-state index is 12.9. The second-order valence-electron chi connectivity index (χ2n) is 4.22. The number of benzene rings is 1. The quantitative estimate of drug-likeness (QED) is 0.787. The molecule has 3 rings (SSSR count). The normalized spacial score (nSPS) is 10.7. The predicted octanol–water partition coefficient (Wildman–Crippen LogP) is 3.31. The van der Waals surface area contributed by atoms with Crippen LogP contribution in [0.1, 0.15) is 0 Å². The Hall–Kier alpha value is -2.40. The van der Waals surface area contributed by atoms with Crippen LogP contribution < -0.4 is 5.73 Å². The molecule has 1 aromatic carbocycles. The van der Waals surface area contributed by atoms with Gasteiger partial charge in [-0.25, -0.2) is 9.07 Å². The lowest BCUT2D eigenvalue weighted by Gasteiger charge is -2.01. The van der Waals surface area contributed by atoms with E-state index >= 15 is 0 Å². The van der Waals surface area contributed by atoms with Gasteiger partial charge in [-0.2, -0.15) is 5.10 Å². The first-order chi connectivity index (χ1) is 9.63. The Morgan fingerprint density at radius 1 is 1.20 bits per heavy atom. The average Bonchev–Trinajstić information content (AvgIpc) is 2.82. The summed E-state index contributed by atoms with van der Waals surface area (Å²) in [6.07, 6.45) is 2.80. The van der Waals surface area contributed by atoms with Gasteiger partial charge in [-0.1, -0.05) is 17.7 Å². The highest BCUT2D eigenvalue weighted by atomic mass is 35.5. The van der Waals surface area contributed by atoms with Crippen molar-refractivity contribution >= 4 is 17.3 Å². The predicted molar refractivity (Wildman–Crippen MR) is 76.2 cm³/mol. The molecule has 0 saturated carbocycles. The molecular weight excluding hydrogens is 279 g/mol. The summed E-state index contributed by atoms with van der Waals surface area (Å²) < 4.78 is 14.5. The van der Waals surface area contributed by atoms with Gasteiger partial charge in [-0.05, 0) is 30.3 Å². The van der Waals surface area contributed by atoms with Crippen LogP contribution in [0.4, 0.5) is 10.1 Å². The van der Waals surface area contributed by atoms with E-state index in [1.165, 1.54) is 12.1 Å². The molecule has 0 spiro atoms. The summed E-state index contributed by atoms with van der Waals surface area (Å²) in [5.41, 5.74) is 8.21. The largest absolute Gasteiger partial charge is 0.396 e. The topological polar surface area (TPSA) is 56.7 Å². The van der Waals surface area contributed by atoms with Crippen LogP contribution >= 0.6 is 11.6 Å². The molecule has 0 aliphatic rings. The first-order valence-electron chi connectivity index (χ1n) is 5.86. The van der Waals surface area contributed by atoms with Crippen LogP contribution in [0.25, 0.3) is 17.1 Å². The number of hydrogen-bond acceptors (Lipinski definition) is 3. The molecule has 0 fully saturated rings. The van der Waals surface area contributed by atoms with Gasteiger partial charge in [0.15, 0.2) is 0 Å². The maximum absolute atomic E-state index is 12.9. The highest BCUT2D eigenvalue weighted by Crippen LogP contribution is 2.24. The zero-order chi connectivity index (χ0) is 14.1. The minimum absolute atomic E-state index is 0.401. The first kappa shape index (κ1) is 12.6. The lowest BCUT2D eigenvalue weighted by molar-refractivity contribution is 0.621. The van der Waals surface area contributed by atoms with Gasteiger partial charge in [-0.3, -0.25) is 4.98 Å². The summed E-state index contributed by atoms with van der Waals surface area (Å²) in [6.45, 7) is 0. The Balaban J connectivity index is 2.05. The molecule has 0 unspecified atom stereocenters.